The minimum Gasteiger partial charge on any atom is -0.508 e. The molecule has 1 heterocycles. The molecule has 0 bridgehead atoms. The maximum atomic E-state index is 9.61. The minimum absolute atomic E-state index is 0.258. The Balaban J connectivity index is 1.70. The van der Waals surface area contributed by atoms with Crippen LogP contribution in [0.5, 0.6) is 5.75 Å². The predicted molar refractivity (Wildman–Crippen MR) is 98.4 cm³/mol. The van der Waals surface area contributed by atoms with E-state index in [1.807, 2.05) is 40.0 Å². The molecular formula is C20H15N5O. The first-order valence-electron chi connectivity index (χ1n) is 8.07. The van der Waals surface area contributed by atoms with Gasteiger partial charge in [-0.15, -0.1) is 10.2 Å². The molecule has 0 aliphatic carbocycles. The van der Waals surface area contributed by atoms with Gasteiger partial charge in [0.1, 0.15) is 18.4 Å². The molecule has 0 spiro atoms. The van der Waals surface area contributed by atoms with Crippen LogP contribution in [0.2, 0.25) is 0 Å². The molecule has 0 unspecified atom stereocenters. The van der Waals surface area contributed by atoms with E-state index in [1.54, 1.807) is 36.9 Å². The lowest BCUT2D eigenvalue weighted by Gasteiger charge is -2.25. The van der Waals surface area contributed by atoms with E-state index in [4.69, 9.17) is 5.26 Å². The van der Waals surface area contributed by atoms with E-state index in [2.05, 4.69) is 22.3 Å². The number of phenols is 1. The number of benzene rings is 3. The van der Waals surface area contributed by atoms with E-state index in [9.17, 15) is 5.11 Å². The molecule has 4 aromatic rings. The van der Waals surface area contributed by atoms with Crippen molar-refractivity contribution in [3.63, 3.8) is 0 Å². The van der Waals surface area contributed by atoms with Gasteiger partial charge in [0.2, 0.25) is 0 Å². The fourth-order valence-corrected chi connectivity index (χ4v) is 2.89. The van der Waals surface area contributed by atoms with Crippen LogP contribution < -0.4 is 5.01 Å². The zero-order chi connectivity index (χ0) is 17.9. The summed E-state index contributed by atoms with van der Waals surface area (Å²) in [7, 11) is 0. The van der Waals surface area contributed by atoms with Crippen LogP contribution in [-0.4, -0.2) is 20.0 Å². The Hall–Kier alpha value is -3.85. The zero-order valence-corrected chi connectivity index (χ0v) is 13.8. The molecule has 1 aromatic heterocycles. The first kappa shape index (κ1) is 15.7. The van der Waals surface area contributed by atoms with Crippen molar-refractivity contribution in [3.8, 4) is 11.8 Å². The summed E-state index contributed by atoms with van der Waals surface area (Å²) in [5.41, 5.74) is 2.64. The molecule has 6 nitrogen and oxygen atoms in total. The van der Waals surface area contributed by atoms with Crippen LogP contribution in [0.1, 0.15) is 11.1 Å². The maximum absolute atomic E-state index is 9.61. The van der Waals surface area contributed by atoms with Gasteiger partial charge in [-0.2, -0.15) is 5.26 Å². The van der Waals surface area contributed by atoms with Crippen LogP contribution in [0.15, 0.2) is 73.3 Å². The molecule has 0 fully saturated rings. The summed E-state index contributed by atoms with van der Waals surface area (Å²) in [6.07, 6.45) is 3.27. The van der Waals surface area contributed by atoms with Crippen molar-refractivity contribution < 1.29 is 5.11 Å². The molecule has 0 aliphatic rings. The van der Waals surface area contributed by atoms with Gasteiger partial charge in [0.15, 0.2) is 0 Å². The summed E-state index contributed by atoms with van der Waals surface area (Å²) in [4.78, 5) is 0. The Morgan fingerprint density at radius 1 is 0.923 bits per heavy atom. The van der Waals surface area contributed by atoms with E-state index in [-0.39, 0.29) is 5.75 Å². The van der Waals surface area contributed by atoms with Gasteiger partial charge in [-0.1, -0.05) is 18.2 Å². The van der Waals surface area contributed by atoms with Crippen molar-refractivity contribution in [2.24, 2.45) is 0 Å². The van der Waals surface area contributed by atoms with Gasteiger partial charge in [-0.25, -0.2) is 4.68 Å². The molecule has 1 N–H and O–H groups in total. The van der Waals surface area contributed by atoms with Crippen molar-refractivity contribution in [2.75, 3.05) is 5.01 Å². The third-order valence-electron chi connectivity index (χ3n) is 4.20. The van der Waals surface area contributed by atoms with Crippen LogP contribution in [0.4, 0.5) is 5.69 Å². The lowest BCUT2D eigenvalue weighted by atomic mass is 10.1. The topological polar surface area (TPSA) is 78.0 Å². The zero-order valence-electron chi connectivity index (χ0n) is 13.8. The average molecular weight is 341 g/mol. The Morgan fingerprint density at radius 2 is 1.62 bits per heavy atom. The normalized spacial score (nSPS) is 10.6. The van der Waals surface area contributed by atoms with Crippen molar-refractivity contribution in [3.05, 3.63) is 84.4 Å². The number of rotatable bonds is 4. The predicted octanol–water partition coefficient (Wildman–Crippen LogP) is 3.48. The molecule has 6 heteroatoms. The number of anilines is 1. The highest BCUT2D eigenvalue weighted by Crippen LogP contribution is 2.24. The number of phenolic OH excluding ortho intramolecular Hbond substituents is 1. The van der Waals surface area contributed by atoms with Gasteiger partial charge in [0.05, 0.1) is 23.9 Å². The van der Waals surface area contributed by atoms with Crippen molar-refractivity contribution in [1.29, 1.82) is 5.26 Å². The number of aromatic hydroxyl groups is 1. The number of hydrogen-bond acceptors (Lipinski definition) is 5. The van der Waals surface area contributed by atoms with Crippen LogP contribution in [0.3, 0.4) is 0 Å². The van der Waals surface area contributed by atoms with Gasteiger partial charge in [-0.3, -0.25) is 5.01 Å². The Labute approximate surface area is 150 Å². The summed E-state index contributed by atoms with van der Waals surface area (Å²) in [5, 5.41) is 30.5. The quantitative estimate of drug-likeness (QED) is 0.615. The third-order valence-corrected chi connectivity index (χ3v) is 4.20. The van der Waals surface area contributed by atoms with Crippen LogP contribution >= 0.6 is 0 Å². The number of nitriles is 1. The molecule has 0 saturated heterocycles. The van der Waals surface area contributed by atoms with Crippen molar-refractivity contribution in [2.45, 2.75) is 6.54 Å². The second kappa shape index (κ2) is 6.57. The lowest BCUT2D eigenvalue weighted by molar-refractivity contribution is 0.476. The van der Waals surface area contributed by atoms with Crippen LogP contribution in [0.25, 0.3) is 10.8 Å². The summed E-state index contributed by atoms with van der Waals surface area (Å²) in [5.74, 6) is 0.258. The molecule has 0 saturated carbocycles. The number of nitrogens with zero attached hydrogens (tertiary/aromatic N) is 5. The summed E-state index contributed by atoms with van der Waals surface area (Å²) >= 11 is 0. The largest absolute Gasteiger partial charge is 0.508 e. The highest BCUT2D eigenvalue weighted by Gasteiger charge is 2.11. The first-order chi connectivity index (χ1) is 12.7. The number of hydrogen-bond donors (Lipinski definition) is 1. The molecule has 0 aliphatic heterocycles. The molecule has 3 aromatic carbocycles. The van der Waals surface area contributed by atoms with Gasteiger partial charge in [0.25, 0.3) is 0 Å². The van der Waals surface area contributed by atoms with Gasteiger partial charge in [0, 0.05) is 0 Å². The van der Waals surface area contributed by atoms with Crippen LogP contribution in [-0.2, 0) is 6.54 Å². The fourth-order valence-electron chi connectivity index (χ4n) is 2.89. The second-order valence-corrected chi connectivity index (χ2v) is 5.92. The average Bonchev–Trinajstić information content (AvgIpc) is 3.21. The molecule has 0 radical (unpaired) electrons. The molecule has 126 valence electrons. The molecule has 0 atom stereocenters. The first-order valence-corrected chi connectivity index (χ1v) is 8.07. The standard InChI is InChI=1S/C20H15N5O/c21-11-15-2-6-19(7-3-15)25(24-13-22-23-14-24)12-16-1-4-18-10-20(26)8-5-17(18)9-16/h1-10,13-14,26H,12H2. The molecule has 0 amide bonds. The van der Waals surface area contributed by atoms with E-state index in [0.717, 1.165) is 22.0 Å². The van der Waals surface area contributed by atoms with Crippen molar-refractivity contribution >= 4 is 16.5 Å². The summed E-state index contributed by atoms with van der Waals surface area (Å²) < 4.78 is 1.81. The SMILES string of the molecule is N#Cc1ccc(N(Cc2ccc3cc(O)ccc3c2)n2cnnc2)cc1. The highest BCUT2D eigenvalue weighted by molar-refractivity contribution is 5.84. The fraction of sp³-hybridized carbons (Fsp3) is 0.0500. The summed E-state index contributed by atoms with van der Waals surface area (Å²) in [6, 6.07) is 21.0. The van der Waals surface area contributed by atoms with Gasteiger partial charge >= 0.3 is 0 Å². The van der Waals surface area contributed by atoms with Gasteiger partial charge < -0.3 is 5.11 Å². The second-order valence-electron chi connectivity index (χ2n) is 5.92. The van der Waals surface area contributed by atoms with E-state index < -0.39 is 0 Å². The molecule has 26 heavy (non-hydrogen) atoms. The lowest BCUT2D eigenvalue weighted by Crippen LogP contribution is -2.27. The minimum atomic E-state index is 0.258. The maximum Gasteiger partial charge on any atom is 0.139 e. The molecule has 4 rings (SSSR count). The van der Waals surface area contributed by atoms with Crippen molar-refractivity contribution in [1.82, 2.24) is 14.9 Å². The monoisotopic (exact) mass is 341 g/mol. The van der Waals surface area contributed by atoms with Gasteiger partial charge in [-0.05, 0) is 58.8 Å². The van der Waals surface area contributed by atoms with E-state index >= 15 is 0 Å². The summed E-state index contributed by atoms with van der Waals surface area (Å²) in [6.45, 7) is 0.598. The van der Waals surface area contributed by atoms with E-state index in [0.29, 0.717) is 12.1 Å². The molecular weight excluding hydrogens is 326 g/mol. The Kier molecular flexibility index (Phi) is 3.96. The third kappa shape index (κ3) is 3.06. The highest BCUT2D eigenvalue weighted by atomic mass is 16.3. The number of fused-ring (bicyclic) bond motifs is 1. The Morgan fingerprint density at radius 3 is 2.35 bits per heavy atom. The van der Waals surface area contributed by atoms with E-state index in [1.165, 1.54) is 0 Å². The smallest absolute Gasteiger partial charge is 0.139 e. The van der Waals surface area contributed by atoms with Crippen LogP contribution in [0, 0.1) is 11.3 Å². The Bertz CT molecular complexity index is 1080. The number of aromatic nitrogens is 3.